The van der Waals surface area contributed by atoms with Crippen LogP contribution in [0.3, 0.4) is 0 Å². The maximum atomic E-state index is 13.0. The van der Waals surface area contributed by atoms with Crippen LogP contribution in [0.5, 0.6) is 0 Å². The number of carbonyl (C=O) groups excluding carboxylic acids is 1. The summed E-state index contributed by atoms with van der Waals surface area (Å²) in [5.41, 5.74) is 1.38. The van der Waals surface area contributed by atoms with Crippen LogP contribution in [0.2, 0.25) is 0 Å². The van der Waals surface area contributed by atoms with Crippen LogP contribution >= 0.6 is 11.6 Å². The Morgan fingerprint density at radius 1 is 1.20 bits per heavy atom. The Kier molecular flexibility index (Phi) is 7.60. The molecule has 1 aliphatic heterocycles. The molecule has 0 fully saturated rings. The van der Waals surface area contributed by atoms with E-state index in [0.29, 0.717) is 59.8 Å². The van der Waals surface area contributed by atoms with Gasteiger partial charge in [-0.2, -0.15) is 4.98 Å². The molecule has 0 bridgehead atoms. The highest BCUT2D eigenvalue weighted by molar-refractivity contribution is 6.66. The van der Waals surface area contributed by atoms with Crippen LogP contribution in [-0.4, -0.2) is 30.4 Å². The van der Waals surface area contributed by atoms with Crippen LogP contribution in [0.4, 0.5) is 11.5 Å². The molecule has 4 rings (SSSR count). The number of nitrogens with zero attached hydrogens (tertiary/aromatic N) is 5. The molecule has 0 radical (unpaired) electrons. The van der Waals surface area contributed by atoms with Crippen molar-refractivity contribution < 1.29 is 9.32 Å². The smallest absolute Gasteiger partial charge is 0.332 e. The molecule has 0 aliphatic carbocycles. The number of halogens is 1. The van der Waals surface area contributed by atoms with E-state index in [9.17, 15) is 14.4 Å². The lowest BCUT2D eigenvalue weighted by Crippen LogP contribution is -2.41. The number of hydrogen-bond donors (Lipinski definition) is 1. The van der Waals surface area contributed by atoms with Gasteiger partial charge in [0.2, 0.25) is 11.8 Å². The Morgan fingerprint density at radius 3 is 2.77 bits per heavy atom. The Hall–Kier alpha value is -3.53. The minimum atomic E-state index is -0.373. The maximum absolute atomic E-state index is 13.0. The van der Waals surface area contributed by atoms with Crippen LogP contribution in [0, 0.1) is 0 Å². The number of aliphatic imine (C=N–C) groups is 1. The van der Waals surface area contributed by atoms with Gasteiger partial charge in [0.15, 0.2) is 5.82 Å². The summed E-state index contributed by atoms with van der Waals surface area (Å²) in [6, 6.07) is 7.43. The summed E-state index contributed by atoms with van der Waals surface area (Å²) < 4.78 is 8.16. The van der Waals surface area contributed by atoms with Crippen LogP contribution < -0.4 is 16.6 Å². The zero-order valence-electron chi connectivity index (χ0n) is 19.7. The third-order valence-electron chi connectivity index (χ3n) is 5.67. The van der Waals surface area contributed by atoms with Crippen molar-refractivity contribution in [3.63, 3.8) is 0 Å². The molecule has 1 aromatic carbocycles. The van der Waals surface area contributed by atoms with Gasteiger partial charge in [-0.15, -0.1) is 0 Å². The monoisotopic (exact) mass is 498 g/mol. The molecule has 0 unspecified atom stereocenters. The number of amides is 1. The summed E-state index contributed by atoms with van der Waals surface area (Å²) >= 11 is 6.08. The predicted octanol–water partition coefficient (Wildman–Crippen LogP) is 3.20. The Bertz CT molecular complexity index is 1390. The molecule has 0 saturated carbocycles. The average Bonchev–Trinajstić information content (AvgIpc) is 3.42. The number of hydrogen-bond acceptors (Lipinski definition) is 7. The zero-order chi connectivity index (χ0) is 24.9. The average molecular weight is 499 g/mol. The molecule has 184 valence electrons. The SMILES string of the molecule is CCCCn1c2c(c(=O)n(CCCc3nc(Cc4cccc(NC(C)=O)c4)no3)c1=O)CC(Cl)=N2. The Labute approximate surface area is 206 Å². The van der Waals surface area contributed by atoms with Gasteiger partial charge >= 0.3 is 5.69 Å². The summed E-state index contributed by atoms with van der Waals surface area (Å²) in [6.45, 7) is 4.21. The fourth-order valence-electron chi connectivity index (χ4n) is 4.04. The van der Waals surface area contributed by atoms with Crippen molar-refractivity contribution in [3.8, 4) is 0 Å². The van der Waals surface area contributed by atoms with Gasteiger partial charge in [-0.25, -0.2) is 9.79 Å². The van der Waals surface area contributed by atoms with E-state index >= 15 is 0 Å². The van der Waals surface area contributed by atoms with Crippen molar-refractivity contribution in [1.82, 2.24) is 19.3 Å². The quantitative estimate of drug-likeness (QED) is 0.457. The third-order valence-corrected chi connectivity index (χ3v) is 5.89. The zero-order valence-corrected chi connectivity index (χ0v) is 20.5. The normalized spacial score (nSPS) is 12.5. The van der Waals surface area contributed by atoms with Gasteiger partial charge in [-0.3, -0.25) is 18.7 Å². The first-order chi connectivity index (χ1) is 16.9. The summed E-state index contributed by atoms with van der Waals surface area (Å²) in [5.74, 6) is 1.20. The van der Waals surface area contributed by atoms with E-state index in [1.54, 1.807) is 4.57 Å². The highest BCUT2D eigenvalue weighted by atomic mass is 35.5. The third kappa shape index (κ3) is 5.76. The van der Waals surface area contributed by atoms with E-state index in [4.69, 9.17) is 16.1 Å². The van der Waals surface area contributed by atoms with Crippen molar-refractivity contribution >= 4 is 34.2 Å². The number of unbranched alkanes of at least 4 members (excludes halogenated alkanes) is 1. The molecule has 1 aliphatic rings. The first-order valence-corrected chi connectivity index (χ1v) is 12.0. The molecular formula is C24H27ClN6O4. The Morgan fingerprint density at radius 2 is 2.00 bits per heavy atom. The highest BCUT2D eigenvalue weighted by Crippen LogP contribution is 2.24. The molecule has 1 N–H and O–H groups in total. The number of nitrogens with one attached hydrogen (secondary N) is 1. The summed E-state index contributed by atoms with van der Waals surface area (Å²) in [5, 5.41) is 7.10. The van der Waals surface area contributed by atoms with Crippen molar-refractivity contribution in [3.05, 3.63) is 67.9 Å². The molecule has 0 spiro atoms. The molecule has 11 heteroatoms. The number of aryl methyl sites for hydroxylation is 1. The van der Waals surface area contributed by atoms with Gasteiger partial charge in [-0.05, 0) is 30.5 Å². The lowest BCUT2D eigenvalue weighted by atomic mass is 10.1. The molecule has 3 aromatic rings. The minimum absolute atomic E-state index is 0.140. The topological polar surface area (TPSA) is 124 Å². The van der Waals surface area contributed by atoms with Crippen molar-refractivity contribution in [1.29, 1.82) is 0 Å². The van der Waals surface area contributed by atoms with E-state index in [1.807, 2.05) is 31.2 Å². The van der Waals surface area contributed by atoms with Crippen LogP contribution in [-0.2, 0) is 37.1 Å². The number of anilines is 1. The van der Waals surface area contributed by atoms with E-state index in [1.165, 1.54) is 11.5 Å². The highest BCUT2D eigenvalue weighted by Gasteiger charge is 2.24. The molecule has 2 aromatic heterocycles. The molecular weight excluding hydrogens is 472 g/mol. The summed E-state index contributed by atoms with van der Waals surface area (Å²) in [4.78, 5) is 45.9. The lowest BCUT2D eigenvalue weighted by Gasteiger charge is -2.13. The summed E-state index contributed by atoms with van der Waals surface area (Å²) in [7, 11) is 0. The summed E-state index contributed by atoms with van der Waals surface area (Å²) in [6.07, 6.45) is 3.32. The van der Waals surface area contributed by atoms with E-state index in [2.05, 4.69) is 20.4 Å². The van der Waals surface area contributed by atoms with Crippen LogP contribution in [0.1, 0.15) is 56.0 Å². The van der Waals surface area contributed by atoms with Gasteiger partial charge in [0.25, 0.3) is 5.56 Å². The van der Waals surface area contributed by atoms with Gasteiger partial charge in [0.1, 0.15) is 11.0 Å². The molecule has 10 nitrogen and oxygen atoms in total. The number of fused-ring (bicyclic) bond motifs is 1. The van der Waals surface area contributed by atoms with Crippen molar-refractivity contribution in [2.45, 2.75) is 65.5 Å². The molecule has 0 atom stereocenters. The van der Waals surface area contributed by atoms with Gasteiger partial charge in [0.05, 0.1) is 5.56 Å². The largest absolute Gasteiger partial charge is 0.339 e. The molecule has 0 saturated heterocycles. The number of rotatable bonds is 10. The van der Waals surface area contributed by atoms with Gasteiger partial charge < -0.3 is 9.84 Å². The van der Waals surface area contributed by atoms with E-state index in [0.717, 1.165) is 18.4 Å². The Balaban J connectivity index is 1.43. The number of aromatic nitrogens is 4. The minimum Gasteiger partial charge on any atom is -0.339 e. The lowest BCUT2D eigenvalue weighted by molar-refractivity contribution is -0.114. The van der Waals surface area contributed by atoms with E-state index < -0.39 is 0 Å². The van der Waals surface area contributed by atoms with Crippen molar-refractivity contribution in [2.24, 2.45) is 4.99 Å². The second-order valence-electron chi connectivity index (χ2n) is 8.48. The first kappa shape index (κ1) is 24.6. The maximum Gasteiger partial charge on any atom is 0.332 e. The fourth-order valence-corrected chi connectivity index (χ4v) is 4.25. The fraction of sp³-hybridized carbons (Fsp3) is 0.417. The second-order valence-corrected chi connectivity index (χ2v) is 8.91. The molecule has 3 heterocycles. The number of carbonyl (C=O) groups is 1. The molecule has 1 amide bonds. The number of benzene rings is 1. The predicted molar refractivity (Wildman–Crippen MR) is 133 cm³/mol. The standard InChI is InChI=1S/C24H27ClN6O4/c1-3-4-10-30-22-18(14-19(25)27-22)23(33)31(24(30)34)11-6-9-21-28-20(29-35-21)13-16-7-5-8-17(12-16)26-15(2)32/h5,7-8,12H,3-4,6,9-11,13-14H2,1-2H3,(H,26,32). The second kappa shape index (κ2) is 10.8. The van der Waals surface area contributed by atoms with Crippen LogP contribution in [0.25, 0.3) is 0 Å². The van der Waals surface area contributed by atoms with Crippen LogP contribution in [0.15, 0.2) is 43.4 Å². The first-order valence-electron chi connectivity index (χ1n) is 11.6. The van der Waals surface area contributed by atoms with E-state index in [-0.39, 0.29) is 30.1 Å². The van der Waals surface area contributed by atoms with Crippen molar-refractivity contribution in [2.75, 3.05) is 5.32 Å². The van der Waals surface area contributed by atoms with Gasteiger partial charge in [-0.1, -0.05) is 42.2 Å². The molecule has 35 heavy (non-hydrogen) atoms. The van der Waals surface area contributed by atoms with Gasteiger partial charge in [0, 0.05) is 45.0 Å².